The van der Waals surface area contributed by atoms with E-state index in [1.54, 1.807) is 37.3 Å². The molecule has 10 heteroatoms. The number of nitrogens with zero attached hydrogens (tertiary/aromatic N) is 2. The van der Waals surface area contributed by atoms with Crippen LogP contribution in [0.25, 0.3) is 0 Å². The Kier molecular flexibility index (Phi) is 9.17. The minimum absolute atomic E-state index is 0.0616. The number of benzene rings is 2. The summed E-state index contributed by atoms with van der Waals surface area (Å²) in [6.07, 6.45) is 1.40. The lowest BCUT2D eigenvalue weighted by molar-refractivity contribution is -0.140. The maximum Gasteiger partial charge on any atom is 0.244 e. The Balaban J connectivity index is 2.48. The maximum absolute atomic E-state index is 13.5. The van der Waals surface area contributed by atoms with Gasteiger partial charge in [-0.15, -0.1) is 0 Å². The number of rotatable bonds is 9. The molecular formula is C23H29Cl2N3O4S. The van der Waals surface area contributed by atoms with E-state index in [2.05, 4.69) is 5.32 Å². The Bertz CT molecular complexity index is 1120. The van der Waals surface area contributed by atoms with E-state index in [0.29, 0.717) is 27.7 Å². The lowest BCUT2D eigenvalue weighted by atomic mass is 10.1. The third kappa shape index (κ3) is 7.09. The first-order chi connectivity index (χ1) is 15.4. The highest BCUT2D eigenvalue weighted by molar-refractivity contribution is 7.92. The fraction of sp³-hybridized carbons (Fsp3) is 0.391. The summed E-state index contributed by atoms with van der Waals surface area (Å²) < 4.78 is 26.3. The number of carbonyl (C=O) groups is 2. The van der Waals surface area contributed by atoms with Crippen LogP contribution >= 0.6 is 23.2 Å². The summed E-state index contributed by atoms with van der Waals surface area (Å²) >= 11 is 12.1. The molecule has 2 rings (SSSR count). The van der Waals surface area contributed by atoms with Gasteiger partial charge >= 0.3 is 0 Å². The molecule has 1 atom stereocenters. The van der Waals surface area contributed by atoms with Gasteiger partial charge < -0.3 is 10.2 Å². The smallest absolute Gasteiger partial charge is 0.244 e. The van der Waals surface area contributed by atoms with Crippen molar-refractivity contribution in [3.05, 3.63) is 63.1 Å². The third-order valence-electron chi connectivity index (χ3n) is 5.14. The van der Waals surface area contributed by atoms with Crippen molar-refractivity contribution < 1.29 is 18.0 Å². The largest absolute Gasteiger partial charge is 0.357 e. The highest BCUT2D eigenvalue weighted by Gasteiger charge is 2.31. The van der Waals surface area contributed by atoms with Crippen molar-refractivity contribution >= 4 is 50.7 Å². The summed E-state index contributed by atoms with van der Waals surface area (Å²) in [6.45, 7) is 5.11. The lowest BCUT2D eigenvalue weighted by Gasteiger charge is -2.32. The highest BCUT2D eigenvalue weighted by Crippen LogP contribution is 2.25. The lowest BCUT2D eigenvalue weighted by Crippen LogP contribution is -2.51. The van der Waals surface area contributed by atoms with Gasteiger partial charge in [0.15, 0.2) is 0 Å². The average Bonchev–Trinajstić information content (AvgIpc) is 2.72. The Morgan fingerprint density at radius 3 is 2.12 bits per heavy atom. The molecule has 0 unspecified atom stereocenters. The van der Waals surface area contributed by atoms with Gasteiger partial charge in [0, 0.05) is 13.6 Å². The monoisotopic (exact) mass is 513 g/mol. The quantitative estimate of drug-likeness (QED) is 0.550. The summed E-state index contributed by atoms with van der Waals surface area (Å²) in [5.41, 5.74) is 2.80. The van der Waals surface area contributed by atoms with E-state index in [0.717, 1.165) is 21.7 Å². The summed E-state index contributed by atoms with van der Waals surface area (Å²) in [7, 11) is -2.29. The molecule has 2 aromatic carbocycles. The Labute approximate surface area is 205 Å². The van der Waals surface area contributed by atoms with E-state index in [-0.39, 0.29) is 12.5 Å². The number of hydrogen-bond donors (Lipinski definition) is 1. The van der Waals surface area contributed by atoms with Gasteiger partial charge in [-0.05, 0) is 61.2 Å². The topological polar surface area (TPSA) is 86.8 Å². The van der Waals surface area contributed by atoms with Crippen molar-refractivity contribution in [1.29, 1.82) is 0 Å². The van der Waals surface area contributed by atoms with E-state index in [9.17, 15) is 18.0 Å². The minimum Gasteiger partial charge on any atom is -0.357 e. The molecule has 0 heterocycles. The van der Waals surface area contributed by atoms with Crippen LogP contribution in [0.3, 0.4) is 0 Å². The van der Waals surface area contributed by atoms with E-state index in [1.807, 2.05) is 19.9 Å². The molecule has 1 N–H and O–H groups in total. The molecular weight excluding hydrogens is 485 g/mol. The molecule has 2 aromatic rings. The summed E-state index contributed by atoms with van der Waals surface area (Å²) in [4.78, 5) is 27.4. The predicted octanol–water partition coefficient (Wildman–Crippen LogP) is 3.93. The number of nitrogens with one attached hydrogen (secondary N) is 1. The van der Waals surface area contributed by atoms with Crippen molar-refractivity contribution in [3.63, 3.8) is 0 Å². The summed E-state index contributed by atoms with van der Waals surface area (Å²) in [6, 6.07) is 9.49. The van der Waals surface area contributed by atoms with Crippen molar-refractivity contribution in [2.45, 2.75) is 39.8 Å². The first-order valence-corrected chi connectivity index (χ1v) is 13.0. The molecule has 0 fully saturated rings. The number of sulfonamides is 1. The molecule has 0 saturated heterocycles. The molecule has 180 valence electrons. The van der Waals surface area contributed by atoms with Crippen LogP contribution in [0.4, 0.5) is 5.69 Å². The fourth-order valence-electron chi connectivity index (χ4n) is 3.63. The second-order valence-electron chi connectivity index (χ2n) is 7.92. The average molecular weight is 514 g/mol. The molecule has 0 bridgehead atoms. The fourth-order valence-corrected chi connectivity index (χ4v) is 4.78. The Morgan fingerprint density at radius 2 is 1.64 bits per heavy atom. The van der Waals surface area contributed by atoms with E-state index >= 15 is 0 Å². The van der Waals surface area contributed by atoms with Crippen molar-refractivity contribution in [2.24, 2.45) is 0 Å². The molecule has 33 heavy (non-hydrogen) atoms. The minimum atomic E-state index is -3.78. The van der Waals surface area contributed by atoms with Crippen LogP contribution in [0, 0.1) is 13.8 Å². The second kappa shape index (κ2) is 11.2. The van der Waals surface area contributed by atoms with Crippen LogP contribution in [-0.2, 0) is 26.2 Å². The van der Waals surface area contributed by atoms with Gasteiger partial charge in [0.25, 0.3) is 0 Å². The number of anilines is 1. The Hall–Kier alpha value is -2.29. The zero-order chi connectivity index (χ0) is 24.9. The van der Waals surface area contributed by atoms with Crippen LogP contribution in [0.1, 0.15) is 30.0 Å². The third-order valence-corrected chi connectivity index (χ3v) is 7.02. The molecule has 0 aromatic heterocycles. The van der Waals surface area contributed by atoms with Crippen molar-refractivity contribution in [2.75, 3.05) is 24.2 Å². The van der Waals surface area contributed by atoms with Crippen LogP contribution in [0.15, 0.2) is 36.4 Å². The summed E-state index contributed by atoms with van der Waals surface area (Å²) in [5, 5.41) is 3.27. The zero-order valence-electron chi connectivity index (χ0n) is 19.4. The van der Waals surface area contributed by atoms with E-state index < -0.39 is 28.5 Å². The number of carbonyl (C=O) groups excluding carboxylic acids is 2. The first kappa shape index (κ1) is 27.0. The first-order valence-electron chi connectivity index (χ1n) is 10.4. The van der Waals surface area contributed by atoms with Gasteiger partial charge in [0.05, 0.1) is 22.0 Å². The molecule has 0 aliphatic carbocycles. The standard InChI is InChI=1S/C23H29Cl2N3O4S/c1-6-21(23(30)26-4)27(13-17-7-8-19(24)20(25)12-17)22(29)14-28(33(5,31)32)18-10-15(2)9-16(3)11-18/h7-12,21H,6,13-14H2,1-5H3,(H,26,30)/t21-/m1/s1. The van der Waals surface area contributed by atoms with Gasteiger partial charge in [-0.25, -0.2) is 8.42 Å². The maximum atomic E-state index is 13.5. The number of halogens is 2. The van der Waals surface area contributed by atoms with Crippen LogP contribution in [0.2, 0.25) is 10.0 Å². The Morgan fingerprint density at radius 1 is 1.03 bits per heavy atom. The number of amides is 2. The summed E-state index contributed by atoms with van der Waals surface area (Å²) in [5.74, 6) is -0.857. The zero-order valence-corrected chi connectivity index (χ0v) is 21.7. The number of hydrogen-bond acceptors (Lipinski definition) is 4. The number of likely N-dealkylation sites (N-methyl/N-ethyl adjacent to an activating group) is 1. The molecule has 7 nitrogen and oxygen atoms in total. The molecule has 0 aliphatic rings. The van der Waals surface area contributed by atoms with Crippen LogP contribution in [0.5, 0.6) is 0 Å². The van der Waals surface area contributed by atoms with Gasteiger partial charge in [-0.3, -0.25) is 13.9 Å². The molecule has 0 aliphatic heterocycles. The van der Waals surface area contributed by atoms with Crippen molar-refractivity contribution in [1.82, 2.24) is 10.2 Å². The normalized spacial score (nSPS) is 12.2. The van der Waals surface area contributed by atoms with Gasteiger partial charge in [-0.1, -0.05) is 42.3 Å². The SMILES string of the molecule is CC[C@H](C(=O)NC)N(Cc1ccc(Cl)c(Cl)c1)C(=O)CN(c1cc(C)cc(C)c1)S(C)(=O)=O. The second-order valence-corrected chi connectivity index (χ2v) is 10.6. The van der Waals surface area contributed by atoms with E-state index in [1.165, 1.54) is 11.9 Å². The van der Waals surface area contributed by atoms with Crippen LogP contribution in [-0.4, -0.2) is 51.0 Å². The van der Waals surface area contributed by atoms with Crippen molar-refractivity contribution in [3.8, 4) is 0 Å². The highest BCUT2D eigenvalue weighted by atomic mass is 35.5. The van der Waals surface area contributed by atoms with Gasteiger partial charge in [0.1, 0.15) is 12.6 Å². The predicted molar refractivity (Wildman–Crippen MR) is 133 cm³/mol. The van der Waals surface area contributed by atoms with Gasteiger partial charge in [-0.2, -0.15) is 0 Å². The van der Waals surface area contributed by atoms with Gasteiger partial charge in [0.2, 0.25) is 21.8 Å². The molecule has 0 radical (unpaired) electrons. The van der Waals surface area contributed by atoms with Crippen LogP contribution < -0.4 is 9.62 Å². The van der Waals surface area contributed by atoms with E-state index in [4.69, 9.17) is 23.2 Å². The molecule has 0 saturated carbocycles. The molecule has 0 spiro atoms. The molecule has 2 amide bonds. The number of aryl methyl sites for hydroxylation is 2.